The number of carbonyl (C=O) groups excluding carboxylic acids is 1. The van der Waals surface area contributed by atoms with Crippen LogP contribution in [-0.4, -0.2) is 36.2 Å². The van der Waals surface area contributed by atoms with E-state index < -0.39 is 11.5 Å². The van der Waals surface area contributed by atoms with Crippen molar-refractivity contribution in [2.24, 2.45) is 5.92 Å². The van der Waals surface area contributed by atoms with Gasteiger partial charge in [-0.25, -0.2) is 0 Å². The van der Waals surface area contributed by atoms with Crippen molar-refractivity contribution in [1.29, 1.82) is 0 Å². The first-order valence-electron chi connectivity index (χ1n) is 7.47. The SMILES string of the molecule is COCC(C)(CC(=O)O)NC(=O)CCC1CCCCC1. The van der Waals surface area contributed by atoms with Crippen LogP contribution in [0.1, 0.15) is 58.3 Å². The summed E-state index contributed by atoms with van der Waals surface area (Å²) in [5.74, 6) is -0.351. The molecule has 116 valence electrons. The molecule has 1 atom stereocenters. The highest BCUT2D eigenvalue weighted by Gasteiger charge is 2.29. The van der Waals surface area contributed by atoms with Crippen LogP contribution in [-0.2, 0) is 14.3 Å². The molecule has 0 saturated heterocycles. The van der Waals surface area contributed by atoms with E-state index in [1.54, 1.807) is 6.92 Å². The molecular weight excluding hydrogens is 258 g/mol. The Morgan fingerprint density at radius 1 is 1.30 bits per heavy atom. The lowest BCUT2D eigenvalue weighted by atomic mass is 9.86. The highest BCUT2D eigenvalue weighted by atomic mass is 16.5. The lowest BCUT2D eigenvalue weighted by Crippen LogP contribution is -2.50. The summed E-state index contributed by atoms with van der Waals surface area (Å²) in [6.07, 6.45) is 7.55. The summed E-state index contributed by atoms with van der Waals surface area (Å²) in [5, 5.41) is 11.7. The van der Waals surface area contributed by atoms with Crippen molar-refractivity contribution >= 4 is 11.9 Å². The van der Waals surface area contributed by atoms with Gasteiger partial charge in [0.05, 0.1) is 18.6 Å². The van der Waals surface area contributed by atoms with Gasteiger partial charge in [-0.1, -0.05) is 32.1 Å². The largest absolute Gasteiger partial charge is 0.481 e. The molecule has 0 radical (unpaired) electrons. The zero-order valence-electron chi connectivity index (χ0n) is 12.6. The Morgan fingerprint density at radius 3 is 2.50 bits per heavy atom. The number of carboxylic acids is 1. The van der Waals surface area contributed by atoms with Crippen LogP contribution in [0.4, 0.5) is 0 Å². The lowest BCUT2D eigenvalue weighted by molar-refractivity contribution is -0.139. The second-order valence-corrected chi connectivity index (χ2v) is 6.16. The van der Waals surface area contributed by atoms with Crippen LogP contribution < -0.4 is 5.32 Å². The first-order chi connectivity index (χ1) is 9.45. The minimum absolute atomic E-state index is 0.0728. The average molecular weight is 285 g/mol. The van der Waals surface area contributed by atoms with E-state index in [0.717, 1.165) is 6.42 Å². The molecule has 0 aliphatic heterocycles. The number of amides is 1. The first kappa shape index (κ1) is 17.0. The van der Waals surface area contributed by atoms with Crippen LogP contribution in [0.25, 0.3) is 0 Å². The number of hydrogen-bond donors (Lipinski definition) is 2. The van der Waals surface area contributed by atoms with Gasteiger partial charge in [-0.15, -0.1) is 0 Å². The van der Waals surface area contributed by atoms with E-state index >= 15 is 0 Å². The van der Waals surface area contributed by atoms with E-state index in [2.05, 4.69) is 5.32 Å². The zero-order valence-corrected chi connectivity index (χ0v) is 12.6. The Morgan fingerprint density at radius 2 is 1.95 bits per heavy atom. The molecule has 1 fully saturated rings. The molecule has 0 spiro atoms. The lowest BCUT2D eigenvalue weighted by Gasteiger charge is -2.29. The van der Waals surface area contributed by atoms with Gasteiger partial charge in [0.25, 0.3) is 0 Å². The van der Waals surface area contributed by atoms with Crippen molar-refractivity contribution in [3.05, 3.63) is 0 Å². The van der Waals surface area contributed by atoms with Crippen molar-refractivity contribution in [1.82, 2.24) is 5.32 Å². The number of ether oxygens (including phenoxy) is 1. The molecule has 1 saturated carbocycles. The fourth-order valence-corrected chi connectivity index (χ4v) is 2.99. The number of carbonyl (C=O) groups is 2. The summed E-state index contributed by atoms with van der Waals surface area (Å²) >= 11 is 0. The molecule has 0 bridgehead atoms. The van der Waals surface area contributed by atoms with Crippen molar-refractivity contribution in [3.8, 4) is 0 Å². The van der Waals surface area contributed by atoms with E-state index in [-0.39, 0.29) is 18.9 Å². The summed E-state index contributed by atoms with van der Waals surface area (Å²) < 4.78 is 5.03. The molecule has 0 aromatic carbocycles. The summed E-state index contributed by atoms with van der Waals surface area (Å²) in [6, 6.07) is 0. The summed E-state index contributed by atoms with van der Waals surface area (Å²) in [5.41, 5.74) is -0.829. The van der Waals surface area contributed by atoms with Crippen LogP contribution in [0.5, 0.6) is 0 Å². The van der Waals surface area contributed by atoms with Crippen molar-refractivity contribution in [2.75, 3.05) is 13.7 Å². The molecule has 1 amide bonds. The fourth-order valence-electron chi connectivity index (χ4n) is 2.99. The Hall–Kier alpha value is -1.10. The molecule has 0 aromatic rings. The summed E-state index contributed by atoms with van der Waals surface area (Å²) in [7, 11) is 1.51. The monoisotopic (exact) mass is 285 g/mol. The molecule has 1 aliphatic carbocycles. The quantitative estimate of drug-likeness (QED) is 0.717. The molecule has 1 rings (SSSR count). The molecular formula is C15H27NO4. The van der Waals surface area contributed by atoms with E-state index in [9.17, 15) is 9.59 Å². The van der Waals surface area contributed by atoms with Gasteiger partial charge >= 0.3 is 5.97 Å². The molecule has 1 unspecified atom stereocenters. The van der Waals surface area contributed by atoms with Crippen LogP contribution >= 0.6 is 0 Å². The summed E-state index contributed by atoms with van der Waals surface area (Å²) in [6.45, 7) is 1.91. The minimum Gasteiger partial charge on any atom is -0.481 e. The van der Waals surface area contributed by atoms with Gasteiger partial charge in [-0.3, -0.25) is 9.59 Å². The third kappa shape index (κ3) is 6.37. The predicted octanol–water partition coefficient (Wildman–Crippen LogP) is 2.34. The summed E-state index contributed by atoms with van der Waals surface area (Å²) in [4.78, 5) is 22.9. The molecule has 5 heteroatoms. The van der Waals surface area contributed by atoms with E-state index in [0.29, 0.717) is 12.3 Å². The van der Waals surface area contributed by atoms with Crippen molar-refractivity contribution in [2.45, 2.75) is 63.8 Å². The van der Waals surface area contributed by atoms with E-state index in [1.807, 2.05) is 0 Å². The number of carboxylic acid groups (broad SMARTS) is 1. The van der Waals surface area contributed by atoms with Gasteiger partial charge in [0.1, 0.15) is 0 Å². The fraction of sp³-hybridized carbons (Fsp3) is 0.867. The number of hydrogen-bond acceptors (Lipinski definition) is 3. The number of methoxy groups -OCH3 is 1. The van der Waals surface area contributed by atoms with E-state index in [4.69, 9.17) is 9.84 Å². The maximum Gasteiger partial charge on any atom is 0.305 e. The Bertz CT molecular complexity index is 326. The number of nitrogens with one attached hydrogen (secondary N) is 1. The first-order valence-corrected chi connectivity index (χ1v) is 7.47. The third-order valence-electron chi connectivity index (χ3n) is 3.95. The van der Waals surface area contributed by atoms with Gasteiger partial charge < -0.3 is 15.2 Å². The molecule has 1 aliphatic rings. The zero-order chi connectivity index (χ0) is 15.0. The van der Waals surface area contributed by atoms with Gasteiger partial charge in [-0.2, -0.15) is 0 Å². The number of rotatable bonds is 8. The van der Waals surface area contributed by atoms with Gasteiger partial charge in [-0.05, 0) is 19.3 Å². The van der Waals surface area contributed by atoms with Gasteiger partial charge in [0.15, 0.2) is 0 Å². The second kappa shape index (κ2) is 8.25. The Balaban J connectivity index is 2.38. The van der Waals surface area contributed by atoms with Gasteiger partial charge in [0, 0.05) is 13.5 Å². The predicted molar refractivity (Wildman–Crippen MR) is 76.5 cm³/mol. The van der Waals surface area contributed by atoms with Crippen LogP contribution in [0, 0.1) is 5.92 Å². The molecule has 0 aromatic heterocycles. The Labute approximate surface area is 121 Å². The molecule has 20 heavy (non-hydrogen) atoms. The average Bonchev–Trinajstić information content (AvgIpc) is 2.36. The Kier molecular flexibility index (Phi) is 6.99. The normalized spacial score (nSPS) is 19.3. The topological polar surface area (TPSA) is 75.6 Å². The third-order valence-corrected chi connectivity index (χ3v) is 3.95. The molecule has 0 heterocycles. The number of aliphatic carboxylic acids is 1. The van der Waals surface area contributed by atoms with Gasteiger partial charge in [0.2, 0.25) is 5.91 Å². The maximum absolute atomic E-state index is 12.0. The maximum atomic E-state index is 12.0. The van der Waals surface area contributed by atoms with Crippen LogP contribution in [0.2, 0.25) is 0 Å². The van der Waals surface area contributed by atoms with Crippen molar-refractivity contribution < 1.29 is 19.4 Å². The minimum atomic E-state index is -0.933. The van der Waals surface area contributed by atoms with Crippen molar-refractivity contribution in [3.63, 3.8) is 0 Å². The van der Waals surface area contributed by atoms with Crippen LogP contribution in [0.15, 0.2) is 0 Å². The highest BCUT2D eigenvalue weighted by molar-refractivity contribution is 5.78. The van der Waals surface area contributed by atoms with Crippen LogP contribution in [0.3, 0.4) is 0 Å². The highest BCUT2D eigenvalue weighted by Crippen LogP contribution is 2.27. The molecule has 5 nitrogen and oxygen atoms in total. The molecule has 2 N–H and O–H groups in total. The second-order valence-electron chi connectivity index (χ2n) is 6.16. The standard InChI is InChI=1S/C15H27NO4/c1-15(11-20-2,10-14(18)19)16-13(17)9-8-12-6-4-3-5-7-12/h12H,3-11H2,1-2H3,(H,16,17)(H,18,19). The van der Waals surface area contributed by atoms with E-state index in [1.165, 1.54) is 39.2 Å². The smallest absolute Gasteiger partial charge is 0.305 e.